The first kappa shape index (κ1) is 22.8. The molecule has 0 atom stereocenters. The molecule has 3 rings (SSSR count). The van der Waals surface area contributed by atoms with Gasteiger partial charge in [-0.25, -0.2) is 0 Å². The van der Waals surface area contributed by atoms with Crippen LogP contribution in [0.4, 0.5) is 0 Å². The van der Waals surface area contributed by atoms with Crippen LogP contribution in [0.5, 0.6) is 5.75 Å². The standard InChI is InChI=1S/C22H23BrN4O3S/c1-14(2)13-30-19-8-7-16(23)11-17(19)21(29)24-22(31)26-25-20(28)12-27-10-9-15-5-3-4-6-18(15)27/h3-11,14H,12-13H2,1-2H3,(H,25,28)(H2,24,26,29,31). The molecular formula is C22H23BrN4O3S. The smallest absolute Gasteiger partial charge is 0.261 e. The van der Waals surface area contributed by atoms with Gasteiger partial charge >= 0.3 is 0 Å². The maximum atomic E-state index is 12.7. The Hall–Kier alpha value is -2.91. The number of hydrazine groups is 1. The predicted octanol–water partition coefficient (Wildman–Crippen LogP) is 3.77. The summed E-state index contributed by atoms with van der Waals surface area (Å²) in [5.41, 5.74) is 6.36. The van der Waals surface area contributed by atoms with E-state index in [0.29, 0.717) is 23.8 Å². The van der Waals surface area contributed by atoms with Crippen LogP contribution in [0.15, 0.2) is 59.2 Å². The quantitative estimate of drug-likeness (QED) is 0.352. The molecule has 0 saturated carbocycles. The summed E-state index contributed by atoms with van der Waals surface area (Å²) in [6.45, 7) is 4.64. The monoisotopic (exact) mass is 502 g/mol. The van der Waals surface area contributed by atoms with Gasteiger partial charge in [0.15, 0.2) is 5.11 Å². The van der Waals surface area contributed by atoms with Crippen molar-refractivity contribution >= 4 is 56.0 Å². The van der Waals surface area contributed by atoms with Gasteiger partial charge in [-0.2, -0.15) is 0 Å². The van der Waals surface area contributed by atoms with Crippen molar-refractivity contribution in [2.45, 2.75) is 20.4 Å². The molecule has 1 heterocycles. The molecule has 0 radical (unpaired) electrons. The fraction of sp³-hybridized carbons (Fsp3) is 0.227. The van der Waals surface area contributed by atoms with Gasteiger partial charge in [0.2, 0.25) is 0 Å². The Bertz CT molecular complexity index is 1110. The zero-order valence-electron chi connectivity index (χ0n) is 17.1. The van der Waals surface area contributed by atoms with Crippen molar-refractivity contribution in [3.63, 3.8) is 0 Å². The molecule has 0 spiro atoms. The van der Waals surface area contributed by atoms with Gasteiger partial charge in [0.05, 0.1) is 12.2 Å². The summed E-state index contributed by atoms with van der Waals surface area (Å²) in [6, 6.07) is 14.9. The van der Waals surface area contributed by atoms with Crippen LogP contribution in [0.1, 0.15) is 24.2 Å². The van der Waals surface area contributed by atoms with Crippen molar-refractivity contribution < 1.29 is 14.3 Å². The summed E-state index contributed by atoms with van der Waals surface area (Å²) in [5.74, 6) is 0.0280. The minimum absolute atomic E-state index is 0.0227. The lowest BCUT2D eigenvalue weighted by atomic mass is 10.2. The Morgan fingerprint density at radius 3 is 2.68 bits per heavy atom. The number of fused-ring (bicyclic) bond motifs is 1. The summed E-state index contributed by atoms with van der Waals surface area (Å²) < 4.78 is 8.29. The average molecular weight is 503 g/mol. The van der Waals surface area contributed by atoms with Gasteiger partial charge in [0, 0.05) is 16.2 Å². The fourth-order valence-corrected chi connectivity index (χ4v) is 3.37. The van der Waals surface area contributed by atoms with Crippen LogP contribution in [-0.2, 0) is 11.3 Å². The number of para-hydroxylation sites is 1. The van der Waals surface area contributed by atoms with Crippen molar-refractivity contribution in [3.05, 3.63) is 64.8 Å². The number of halogens is 1. The summed E-state index contributed by atoms with van der Waals surface area (Å²) in [5, 5.41) is 3.58. The highest BCUT2D eigenvalue weighted by Gasteiger charge is 2.16. The van der Waals surface area contributed by atoms with Crippen LogP contribution in [0.2, 0.25) is 0 Å². The Balaban J connectivity index is 1.55. The summed E-state index contributed by atoms with van der Waals surface area (Å²) in [6.07, 6.45) is 1.84. The Labute approximate surface area is 194 Å². The molecule has 7 nitrogen and oxygen atoms in total. The van der Waals surface area contributed by atoms with E-state index in [1.54, 1.807) is 18.2 Å². The van der Waals surface area contributed by atoms with Crippen molar-refractivity contribution in [1.29, 1.82) is 0 Å². The third-order valence-corrected chi connectivity index (χ3v) is 4.99. The lowest BCUT2D eigenvalue weighted by Gasteiger charge is -2.15. The summed E-state index contributed by atoms with van der Waals surface area (Å²) >= 11 is 8.50. The maximum absolute atomic E-state index is 12.7. The molecule has 2 amide bonds. The van der Waals surface area contributed by atoms with Crippen LogP contribution in [-0.4, -0.2) is 28.1 Å². The largest absolute Gasteiger partial charge is 0.492 e. The number of ether oxygens (including phenoxy) is 1. The lowest BCUT2D eigenvalue weighted by Crippen LogP contribution is -2.49. The molecule has 0 bridgehead atoms. The molecule has 1 aromatic heterocycles. The number of carbonyl (C=O) groups is 2. The van der Waals surface area contributed by atoms with Gasteiger partial charge in [-0.15, -0.1) is 0 Å². The van der Waals surface area contributed by atoms with Crippen LogP contribution < -0.4 is 20.9 Å². The van der Waals surface area contributed by atoms with E-state index in [1.807, 2.05) is 54.9 Å². The number of nitrogens with one attached hydrogen (secondary N) is 3. The molecular weight excluding hydrogens is 480 g/mol. The van der Waals surface area contributed by atoms with Crippen LogP contribution in [0.3, 0.4) is 0 Å². The van der Waals surface area contributed by atoms with E-state index in [1.165, 1.54) is 0 Å². The van der Waals surface area contributed by atoms with Crippen LogP contribution in [0.25, 0.3) is 10.9 Å². The van der Waals surface area contributed by atoms with Crippen LogP contribution in [0, 0.1) is 5.92 Å². The molecule has 0 aliphatic rings. The number of carbonyl (C=O) groups excluding carboxylic acids is 2. The van der Waals surface area contributed by atoms with Crippen molar-refractivity contribution in [3.8, 4) is 5.75 Å². The van der Waals surface area contributed by atoms with E-state index < -0.39 is 5.91 Å². The molecule has 0 unspecified atom stereocenters. The zero-order valence-corrected chi connectivity index (χ0v) is 19.5. The third kappa shape index (κ3) is 6.28. The predicted molar refractivity (Wildman–Crippen MR) is 128 cm³/mol. The Morgan fingerprint density at radius 1 is 1.13 bits per heavy atom. The first-order valence-electron chi connectivity index (χ1n) is 9.70. The first-order chi connectivity index (χ1) is 14.8. The van der Waals surface area contributed by atoms with Gasteiger partial charge in [0.25, 0.3) is 11.8 Å². The molecule has 0 aliphatic carbocycles. The number of nitrogens with zero attached hydrogens (tertiary/aromatic N) is 1. The number of rotatable bonds is 6. The molecule has 0 fully saturated rings. The Kier molecular flexibility index (Phi) is 7.64. The highest BCUT2D eigenvalue weighted by molar-refractivity contribution is 9.10. The zero-order chi connectivity index (χ0) is 22.4. The Morgan fingerprint density at radius 2 is 1.90 bits per heavy atom. The van der Waals surface area contributed by atoms with Crippen molar-refractivity contribution in [1.82, 2.24) is 20.7 Å². The van der Waals surface area contributed by atoms with Crippen molar-refractivity contribution in [2.24, 2.45) is 5.92 Å². The van der Waals surface area contributed by atoms with E-state index in [9.17, 15) is 9.59 Å². The normalized spacial score (nSPS) is 10.7. The molecule has 9 heteroatoms. The fourth-order valence-electron chi connectivity index (χ4n) is 2.86. The molecule has 3 N–H and O–H groups in total. The van der Waals surface area contributed by atoms with Gasteiger partial charge in [0.1, 0.15) is 12.3 Å². The second-order valence-electron chi connectivity index (χ2n) is 7.30. The summed E-state index contributed by atoms with van der Waals surface area (Å²) in [4.78, 5) is 24.9. The van der Waals surface area contributed by atoms with E-state index in [2.05, 4.69) is 32.1 Å². The minimum atomic E-state index is -0.441. The van der Waals surface area contributed by atoms with Crippen LogP contribution >= 0.6 is 28.1 Å². The number of thiocarbonyl (C=S) groups is 1. The average Bonchev–Trinajstić information content (AvgIpc) is 3.14. The van der Waals surface area contributed by atoms with Gasteiger partial charge in [-0.1, -0.05) is 48.0 Å². The van der Waals surface area contributed by atoms with Gasteiger partial charge < -0.3 is 9.30 Å². The number of hydrogen-bond acceptors (Lipinski definition) is 4. The highest BCUT2D eigenvalue weighted by atomic mass is 79.9. The van der Waals surface area contributed by atoms with E-state index in [0.717, 1.165) is 15.4 Å². The number of amides is 2. The molecule has 0 aliphatic heterocycles. The number of hydrogen-bond donors (Lipinski definition) is 3. The minimum Gasteiger partial charge on any atom is -0.492 e. The first-order valence-corrected chi connectivity index (χ1v) is 10.9. The molecule has 162 valence electrons. The van der Waals surface area contributed by atoms with Gasteiger partial charge in [-0.05, 0) is 53.9 Å². The van der Waals surface area contributed by atoms with E-state index in [-0.39, 0.29) is 17.6 Å². The third-order valence-electron chi connectivity index (χ3n) is 4.30. The van der Waals surface area contributed by atoms with Gasteiger partial charge in [-0.3, -0.25) is 25.8 Å². The topological polar surface area (TPSA) is 84.4 Å². The van der Waals surface area contributed by atoms with Crippen molar-refractivity contribution in [2.75, 3.05) is 6.61 Å². The molecule has 3 aromatic rings. The second-order valence-corrected chi connectivity index (χ2v) is 8.63. The van der Waals surface area contributed by atoms with E-state index in [4.69, 9.17) is 17.0 Å². The number of aromatic nitrogens is 1. The molecule has 2 aromatic carbocycles. The lowest BCUT2D eigenvalue weighted by molar-refractivity contribution is -0.122. The molecule has 0 saturated heterocycles. The van der Waals surface area contributed by atoms with E-state index >= 15 is 0 Å². The SMILES string of the molecule is CC(C)COc1ccc(Br)cc1C(=O)NC(=S)NNC(=O)Cn1ccc2ccccc21. The molecule has 31 heavy (non-hydrogen) atoms. The second kappa shape index (κ2) is 10.4. The summed E-state index contributed by atoms with van der Waals surface area (Å²) in [7, 11) is 0. The number of benzene rings is 2. The maximum Gasteiger partial charge on any atom is 0.261 e. The highest BCUT2D eigenvalue weighted by Crippen LogP contribution is 2.24.